The van der Waals surface area contributed by atoms with Gasteiger partial charge in [-0.2, -0.15) is 0 Å². The van der Waals surface area contributed by atoms with E-state index >= 15 is 0 Å². The van der Waals surface area contributed by atoms with Gasteiger partial charge in [-0.05, 0) is 78.1 Å². The zero-order chi connectivity index (χ0) is 20.9. The predicted molar refractivity (Wildman–Crippen MR) is 115 cm³/mol. The quantitative estimate of drug-likeness (QED) is 0.782. The monoisotopic (exact) mass is 408 g/mol. The van der Waals surface area contributed by atoms with E-state index in [9.17, 15) is 9.18 Å². The Balaban J connectivity index is 1.33. The summed E-state index contributed by atoms with van der Waals surface area (Å²) < 4.78 is 19.5. The minimum Gasteiger partial charge on any atom is -0.445 e. The molecule has 158 valence electrons. The number of hydrogen-bond acceptors (Lipinski definition) is 3. The molecule has 6 rings (SSSR count). The van der Waals surface area contributed by atoms with Crippen LogP contribution in [0, 0.1) is 17.2 Å². The summed E-state index contributed by atoms with van der Waals surface area (Å²) in [5.41, 5.74) is 4.09. The number of alkyl carbamates (subject to hydrolysis) is 1. The van der Waals surface area contributed by atoms with E-state index in [4.69, 9.17) is 4.74 Å². The van der Waals surface area contributed by atoms with E-state index < -0.39 is 0 Å². The van der Waals surface area contributed by atoms with E-state index in [1.807, 2.05) is 12.1 Å². The molecule has 0 saturated carbocycles. The van der Waals surface area contributed by atoms with Crippen LogP contribution in [0.15, 0.2) is 42.5 Å². The molecular weight excluding hydrogens is 379 g/mol. The SMILES string of the molecule is CC1(C)Cc2cc(-c3cccc(F)c3)ccc2C1NC(=O)O[C@@H]1CN2CCC1CC2. The second-order valence-electron chi connectivity index (χ2n) is 9.75. The Hall–Kier alpha value is -2.40. The van der Waals surface area contributed by atoms with Gasteiger partial charge in [0.25, 0.3) is 0 Å². The van der Waals surface area contributed by atoms with E-state index in [-0.39, 0.29) is 29.5 Å². The lowest BCUT2D eigenvalue weighted by Gasteiger charge is -2.44. The summed E-state index contributed by atoms with van der Waals surface area (Å²) in [6, 6.07) is 12.8. The van der Waals surface area contributed by atoms with Crippen molar-refractivity contribution in [3.8, 4) is 11.1 Å². The van der Waals surface area contributed by atoms with Crippen molar-refractivity contribution in [3.05, 3.63) is 59.4 Å². The molecule has 0 aromatic heterocycles. The zero-order valence-corrected chi connectivity index (χ0v) is 17.7. The number of hydrogen-bond donors (Lipinski definition) is 1. The lowest BCUT2D eigenvalue weighted by Crippen LogP contribution is -2.53. The lowest BCUT2D eigenvalue weighted by atomic mass is 9.85. The summed E-state index contributed by atoms with van der Waals surface area (Å²) >= 11 is 0. The summed E-state index contributed by atoms with van der Waals surface area (Å²) in [6.07, 6.45) is 2.80. The molecule has 5 heteroatoms. The topological polar surface area (TPSA) is 41.6 Å². The Morgan fingerprint density at radius 3 is 2.60 bits per heavy atom. The third-order valence-electron chi connectivity index (χ3n) is 7.16. The molecule has 1 aliphatic carbocycles. The van der Waals surface area contributed by atoms with Crippen LogP contribution in [0.1, 0.15) is 43.9 Å². The number of piperidine rings is 3. The van der Waals surface area contributed by atoms with Crippen LogP contribution < -0.4 is 5.32 Å². The Morgan fingerprint density at radius 2 is 1.90 bits per heavy atom. The van der Waals surface area contributed by atoms with Gasteiger partial charge in [0.1, 0.15) is 11.9 Å². The van der Waals surface area contributed by atoms with E-state index in [0.717, 1.165) is 55.6 Å². The number of nitrogens with one attached hydrogen (secondary N) is 1. The van der Waals surface area contributed by atoms with E-state index in [2.05, 4.69) is 36.2 Å². The van der Waals surface area contributed by atoms with E-state index in [0.29, 0.717) is 5.92 Å². The molecule has 3 aliphatic heterocycles. The highest BCUT2D eigenvalue weighted by Crippen LogP contribution is 2.46. The zero-order valence-electron chi connectivity index (χ0n) is 17.7. The maximum Gasteiger partial charge on any atom is 0.407 e. The molecule has 4 aliphatic rings. The van der Waals surface area contributed by atoms with Crippen LogP contribution in [0.25, 0.3) is 11.1 Å². The molecule has 1 unspecified atom stereocenters. The van der Waals surface area contributed by atoms with Crippen molar-refractivity contribution in [2.45, 2.75) is 45.3 Å². The fraction of sp³-hybridized carbons (Fsp3) is 0.480. The van der Waals surface area contributed by atoms with Crippen molar-refractivity contribution < 1.29 is 13.9 Å². The molecule has 1 amide bonds. The summed E-state index contributed by atoms with van der Waals surface area (Å²) in [4.78, 5) is 15.2. The highest BCUT2D eigenvalue weighted by atomic mass is 19.1. The summed E-state index contributed by atoms with van der Waals surface area (Å²) in [5, 5.41) is 3.16. The van der Waals surface area contributed by atoms with Gasteiger partial charge in [-0.3, -0.25) is 4.90 Å². The number of nitrogens with zero attached hydrogens (tertiary/aromatic N) is 1. The number of fused-ring (bicyclic) bond motifs is 4. The largest absolute Gasteiger partial charge is 0.445 e. The van der Waals surface area contributed by atoms with Crippen LogP contribution in [0.3, 0.4) is 0 Å². The van der Waals surface area contributed by atoms with Crippen molar-refractivity contribution in [2.24, 2.45) is 11.3 Å². The van der Waals surface area contributed by atoms with E-state index in [1.54, 1.807) is 12.1 Å². The Morgan fingerprint density at radius 1 is 1.13 bits per heavy atom. The fourth-order valence-electron chi connectivity index (χ4n) is 5.51. The highest BCUT2D eigenvalue weighted by molar-refractivity contribution is 5.70. The molecule has 3 saturated heterocycles. The molecule has 2 aromatic carbocycles. The first-order chi connectivity index (χ1) is 14.4. The van der Waals surface area contributed by atoms with Crippen LogP contribution in [-0.4, -0.2) is 36.7 Å². The van der Waals surface area contributed by atoms with E-state index in [1.165, 1.54) is 11.6 Å². The van der Waals surface area contributed by atoms with Crippen LogP contribution in [-0.2, 0) is 11.2 Å². The van der Waals surface area contributed by atoms with Gasteiger partial charge in [-0.15, -0.1) is 0 Å². The highest BCUT2D eigenvalue weighted by Gasteiger charge is 2.42. The van der Waals surface area contributed by atoms with Gasteiger partial charge in [-0.1, -0.05) is 44.2 Å². The molecule has 2 bridgehead atoms. The molecule has 2 aromatic rings. The Kier molecular flexibility index (Phi) is 4.81. The average Bonchev–Trinajstić information content (AvgIpc) is 2.97. The minimum atomic E-state index is -0.311. The van der Waals surface area contributed by atoms with Crippen molar-refractivity contribution in [1.29, 1.82) is 0 Å². The van der Waals surface area contributed by atoms with Gasteiger partial charge >= 0.3 is 6.09 Å². The lowest BCUT2D eigenvalue weighted by molar-refractivity contribution is -0.0348. The number of benzene rings is 2. The number of carbonyl (C=O) groups excluding carboxylic acids is 1. The fourth-order valence-corrected chi connectivity index (χ4v) is 5.51. The standard InChI is InChI=1S/C25H29FN2O2/c1-25(2)14-19-12-18(17-4-3-5-20(26)13-17)6-7-21(19)23(25)27-24(29)30-22-15-28-10-8-16(22)9-11-28/h3-7,12-13,16,22-23H,8-11,14-15H2,1-2H3,(H,27,29)/t22-,23?/m1/s1. The van der Waals surface area contributed by atoms with Crippen molar-refractivity contribution in [2.75, 3.05) is 19.6 Å². The third-order valence-corrected chi connectivity index (χ3v) is 7.16. The molecule has 1 N–H and O–H groups in total. The van der Waals surface area contributed by atoms with Gasteiger partial charge in [0, 0.05) is 6.54 Å². The number of ether oxygens (including phenoxy) is 1. The first-order valence-corrected chi connectivity index (χ1v) is 11.0. The number of carbonyl (C=O) groups is 1. The van der Waals surface area contributed by atoms with Gasteiger partial charge in [0.2, 0.25) is 0 Å². The second kappa shape index (κ2) is 7.38. The molecule has 30 heavy (non-hydrogen) atoms. The smallest absolute Gasteiger partial charge is 0.407 e. The predicted octanol–water partition coefficient (Wildman–Crippen LogP) is 4.94. The van der Waals surface area contributed by atoms with Crippen LogP contribution >= 0.6 is 0 Å². The first kappa shape index (κ1) is 19.6. The molecule has 3 heterocycles. The molecule has 2 atom stereocenters. The number of amides is 1. The Bertz CT molecular complexity index is 965. The number of rotatable bonds is 3. The molecule has 3 fully saturated rings. The van der Waals surface area contributed by atoms with Gasteiger partial charge < -0.3 is 10.1 Å². The van der Waals surface area contributed by atoms with Crippen LogP contribution in [0.2, 0.25) is 0 Å². The number of halogens is 1. The third kappa shape index (κ3) is 3.60. The van der Waals surface area contributed by atoms with Crippen molar-refractivity contribution in [1.82, 2.24) is 10.2 Å². The van der Waals surface area contributed by atoms with Gasteiger partial charge in [-0.25, -0.2) is 9.18 Å². The second-order valence-corrected chi connectivity index (χ2v) is 9.75. The Labute approximate surface area is 177 Å². The average molecular weight is 409 g/mol. The maximum atomic E-state index is 13.6. The first-order valence-electron chi connectivity index (χ1n) is 11.0. The maximum absolute atomic E-state index is 13.6. The minimum absolute atomic E-state index is 0.00633. The summed E-state index contributed by atoms with van der Waals surface area (Å²) in [5.74, 6) is 0.266. The van der Waals surface area contributed by atoms with Crippen molar-refractivity contribution in [3.63, 3.8) is 0 Å². The van der Waals surface area contributed by atoms with Gasteiger partial charge in [0.15, 0.2) is 0 Å². The van der Waals surface area contributed by atoms with Crippen LogP contribution in [0.5, 0.6) is 0 Å². The molecule has 0 radical (unpaired) electrons. The molecular formula is C25H29FN2O2. The van der Waals surface area contributed by atoms with Crippen molar-refractivity contribution >= 4 is 6.09 Å². The summed E-state index contributed by atoms with van der Waals surface area (Å²) in [7, 11) is 0. The normalized spacial score (nSPS) is 28.8. The summed E-state index contributed by atoms with van der Waals surface area (Å²) in [6.45, 7) is 7.47. The molecule has 0 spiro atoms. The van der Waals surface area contributed by atoms with Gasteiger partial charge in [0.05, 0.1) is 6.04 Å². The molecule has 4 nitrogen and oxygen atoms in total. The van der Waals surface area contributed by atoms with Crippen LogP contribution in [0.4, 0.5) is 9.18 Å².